The van der Waals surface area contributed by atoms with Gasteiger partial charge in [-0.2, -0.15) is 0 Å². The smallest absolute Gasteiger partial charge is 0.271 e. The maximum Gasteiger partial charge on any atom is 0.271 e. The Morgan fingerprint density at radius 3 is 2.87 bits per heavy atom. The van der Waals surface area contributed by atoms with Crippen LogP contribution in [0.4, 0.5) is 0 Å². The molecule has 6 nitrogen and oxygen atoms in total. The van der Waals surface area contributed by atoms with Gasteiger partial charge in [-0.3, -0.25) is 4.79 Å². The quantitative estimate of drug-likeness (QED) is 0.919. The van der Waals surface area contributed by atoms with Crippen molar-refractivity contribution in [3.05, 3.63) is 47.5 Å². The van der Waals surface area contributed by atoms with Crippen molar-refractivity contribution in [3.63, 3.8) is 0 Å². The van der Waals surface area contributed by atoms with Crippen molar-refractivity contribution >= 4 is 5.91 Å². The maximum absolute atomic E-state index is 12.5. The highest BCUT2D eigenvalue weighted by Gasteiger charge is 2.19. The standard InChI is InChI=1S/C17H21N3O3/c1-3-14(12-4-6-13(22-2)7-5-12)19-17(21)15-10-20-8-9-23-11-16(20)18-15/h4-7,10,14H,3,8-9,11H2,1-2H3,(H,19,21)/t14-/m1/s1. The third-order valence-corrected chi connectivity index (χ3v) is 4.03. The molecule has 0 saturated heterocycles. The van der Waals surface area contributed by atoms with Gasteiger partial charge in [0.2, 0.25) is 0 Å². The van der Waals surface area contributed by atoms with Gasteiger partial charge >= 0.3 is 0 Å². The first-order chi connectivity index (χ1) is 11.2. The highest BCUT2D eigenvalue weighted by atomic mass is 16.5. The average molecular weight is 315 g/mol. The van der Waals surface area contributed by atoms with Gasteiger partial charge in [0.05, 0.1) is 19.8 Å². The second-order valence-corrected chi connectivity index (χ2v) is 5.50. The van der Waals surface area contributed by atoms with E-state index in [4.69, 9.17) is 9.47 Å². The fourth-order valence-corrected chi connectivity index (χ4v) is 2.69. The van der Waals surface area contributed by atoms with E-state index in [2.05, 4.69) is 10.3 Å². The van der Waals surface area contributed by atoms with Crippen molar-refractivity contribution in [1.82, 2.24) is 14.9 Å². The Kier molecular flexibility index (Phi) is 4.62. The summed E-state index contributed by atoms with van der Waals surface area (Å²) in [7, 11) is 1.64. The molecule has 0 spiro atoms. The average Bonchev–Trinajstić information content (AvgIpc) is 3.04. The Balaban J connectivity index is 1.72. The summed E-state index contributed by atoms with van der Waals surface area (Å²) in [6, 6.07) is 7.69. The summed E-state index contributed by atoms with van der Waals surface area (Å²) in [5, 5.41) is 3.05. The van der Waals surface area contributed by atoms with E-state index in [1.165, 1.54) is 0 Å². The van der Waals surface area contributed by atoms with E-state index >= 15 is 0 Å². The predicted molar refractivity (Wildman–Crippen MR) is 85.4 cm³/mol. The lowest BCUT2D eigenvalue weighted by atomic mass is 10.0. The summed E-state index contributed by atoms with van der Waals surface area (Å²) in [4.78, 5) is 16.8. The molecule has 1 aromatic heterocycles. The Hall–Kier alpha value is -2.34. The van der Waals surface area contributed by atoms with Gasteiger partial charge in [-0.25, -0.2) is 4.98 Å². The molecule has 3 rings (SSSR count). The number of carbonyl (C=O) groups excluding carboxylic acids is 1. The van der Waals surface area contributed by atoms with E-state index in [0.717, 1.165) is 30.1 Å². The van der Waals surface area contributed by atoms with E-state index < -0.39 is 0 Å². The zero-order valence-electron chi connectivity index (χ0n) is 13.4. The Morgan fingerprint density at radius 1 is 1.43 bits per heavy atom. The summed E-state index contributed by atoms with van der Waals surface area (Å²) >= 11 is 0. The van der Waals surface area contributed by atoms with Crippen molar-refractivity contribution in [3.8, 4) is 5.75 Å². The number of hydrogen-bond donors (Lipinski definition) is 1. The Labute approximate surface area is 135 Å². The minimum Gasteiger partial charge on any atom is -0.497 e. The van der Waals surface area contributed by atoms with Crippen LogP contribution in [0.1, 0.15) is 41.3 Å². The molecule has 1 N–H and O–H groups in total. The van der Waals surface area contributed by atoms with Crippen molar-refractivity contribution < 1.29 is 14.3 Å². The topological polar surface area (TPSA) is 65.4 Å². The van der Waals surface area contributed by atoms with Gasteiger partial charge in [-0.05, 0) is 24.1 Å². The van der Waals surface area contributed by atoms with Gasteiger partial charge in [0.25, 0.3) is 5.91 Å². The van der Waals surface area contributed by atoms with Crippen LogP contribution in [0.3, 0.4) is 0 Å². The molecule has 0 radical (unpaired) electrons. The van der Waals surface area contributed by atoms with Crippen molar-refractivity contribution in [2.75, 3.05) is 13.7 Å². The molecule has 6 heteroatoms. The number of ether oxygens (including phenoxy) is 2. The summed E-state index contributed by atoms with van der Waals surface area (Å²) in [5.41, 5.74) is 1.49. The van der Waals surface area contributed by atoms with Gasteiger partial charge in [0.1, 0.15) is 23.9 Å². The van der Waals surface area contributed by atoms with E-state index in [0.29, 0.717) is 18.9 Å². The minimum absolute atomic E-state index is 0.0524. The zero-order valence-corrected chi connectivity index (χ0v) is 13.4. The molecule has 1 aliphatic rings. The number of nitrogens with zero attached hydrogens (tertiary/aromatic N) is 2. The van der Waals surface area contributed by atoms with E-state index in [-0.39, 0.29) is 11.9 Å². The number of imidazole rings is 1. The number of benzene rings is 1. The van der Waals surface area contributed by atoms with Crippen molar-refractivity contribution in [2.45, 2.75) is 32.5 Å². The fourth-order valence-electron chi connectivity index (χ4n) is 2.69. The Bertz CT molecular complexity index is 655. The minimum atomic E-state index is -0.158. The van der Waals surface area contributed by atoms with Crippen LogP contribution < -0.4 is 10.1 Å². The first kappa shape index (κ1) is 15.6. The second kappa shape index (κ2) is 6.83. The van der Waals surface area contributed by atoms with E-state index in [1.54, 1.807) is 13.3 Å². The van der Waals surface area contributed by atoms with Gasteiger partial charge < -0.3 is 19.4 Å². The molecule has 1 aromatic carbocycles. The summed E-state index contributed by atoms with van der Waals surface area (Å²) in [6.45, 7) is 3.91. The van der Waals surface area contributed by atoms with Crippen LogP contribution >= 0.6 is 0 Å². The van der Waals surface area contributed by atoms with Gasteiger partial charge in [0.15, 0.2) is 0 Å². The number of rotatable bonds is 5. The highest BCUT2D eigenvalue weighted by molar-refractivity contribution is 5.92. The number of nitrogens with one attached hydrogen (secondary N) is 1. The summed E-state index contributed by atoms with van der Waals surface area (Å²) in [6.07, 6.45) is 2.60. The molecule has 0 aliphatic carbocycles. The van der Waals surface area contributed by atoms with Crippen LogP contribution in [0.5, 0.6) is 5.75 Å². The molecule has 23 heavy (non-hydrogen) atoms. The molecule has 0 unspecified atom stereocenters. The number of amides is 1. The number of fused-ring (bicyclic) bond motifs is 1. The Morgan fingerprint density at radius 2 is 2.22 bits per heavy atom. The lowest BCUT2D eigenvalue weighted by Gasteiger charge is -2.17. The number of aromatic nitrogens is 2. The summed E-state index contributed by atoms with van der Waals surface area (Å²) in [5.74, 6) is 1.45. The molecule has 0 fully saturated rings. The molecule has 0 saturated carbocycles. The lowest BCUT2D eigenvalue weighted by molar-refractivity contribution is 0.0815. The van der Waals surface area contributed by atoms with E-state index in [9.17, 15) is 4.79 Å². The molecule has 2 heterocycles. The molecule has 1 aliphatic heterocycles. The first-order valence-electron chi connectivity index (χ1n) is 7.80. The number of methoxy groups -OCH3 is 1. The van der Waals surface area contributed by atoms with Crippen molar-refractivity contribution in [2.24, 2.45) is 0 Å². The molecular formula is C17H21N3O3. The maximum atomic E-state index is 12.5. The number of hydrogen-bond acceptors (Lipinski definition) is 4. The van der Waals surface area contributed by atoms with Gasteiger partial charge in [-0.1, -0.05) is 19.1 Å². The van der Waals surface area contributed by atoms with Crippen molar-refractivity contribution in [1.29, 1.82) is 0 Å². The normalized spacial score (nSPS) is 14.9. The molecule has 1 atom stereocenters. The van der Waals surface area contributed by atoms with Crippen LogP contribution in [-0.2, 0) is 17.9 Å². The molecule has 1 amide bonds. The fraction of sp³-hybridized carbons (Fsp3) is 0.412. The van der Waals surface area contributed by atoms with Crippen LogP contribution in [-0.4, -0.2) is 29.2 Å². The first-order valence-corrected chi connectivity index (χ1v) is 7.80. The monoisotopic (exact) mass is 315 g/mol. The zero-order chi connectivity index (χ0) is 16.2. The third kappa shape index (κ3) is 3.37. The number of carbonyl (C=O) groups is 1. The second-order valence-electron chi connectivity index (χ2n) is 5.50. The molecule has 2 aromatic rings. The van der Waals surface area contributed by atoms with Gasteiger partial charge in [0, 0.05) is 12.7 Å². The lowest BCUT2D eigenvalue weighted by Crippen LogP contribution is -2.28. The summed E-state index contributed by atoms with van der Waals surface area (Å²) < 4.78 is 12.5. The largest absolute Gasteiger partial charge is 0.497 e. The highest BCUT2D eigenvalue weighted by Crippen LogP contribution is 2.20. The predicted octanol–water partition coefficient (Wildman–Crippen LogP) is 2.30. The van der Waals surface area contributed by atoms with E-state index in [1.807, 2.05) is 35.8 Å². The van der Waals surface area contributed by atoms with Gasteiger partial charge in [-0.15, -0.1) is 0 Å². The van der Waals surface area contributed by atoms with Crippen LogP contribution in [0.15, 0.2) is 30.5 Å². The van der Waals surface area contributed by atoms with Crippen LogP contribution in [0.25, 0.3) is 0 Å². The molecular weight excluding hydrogens is 294 g/mol. The van der Waals surface area contributed by atoms with Crippen LogP contribution in [0, 0.1) is 0 Å². The third-order valence-electron chi connectivity index (χ3n) is 4.03. The van der Waals surface area contributed by atoms with Crippen LogP contribution in [0.2, 0.25) is 0 Å². The molecule has 122 valence electrons. The SMILES string of the molecule is CC[C@@H](NC(=O)c1cn2c(n1)COCC2)c1ccc(OC)cc1. The molecule has 0 bridgehead atoms.